The number of hydrogen-bond acceptors (Lipinski definition) is 6. The first-order valence-corrected chi connectivity index (χ1v) is 12.0. The van der Waals surface area contributed by atoms with Gasteiger partial charge in [0.15, 0.2) is 0 Å². The van der Waals surface area contributed by atoms with E-state index >= 15 is 0 Å². The van der Waals surface area contributed by atoms with Crippen molar-refractivity contribution >= 4 is 17.6 Å². The number of amides is 1. The molecule has 0 atom stereocenters. The lowest BCUT2D eigenvalue weighted by molar-refractivity contribution is -0.151. The first kappa shape index (κ1) is 25.5. The molecular formula is C25H32F3N3O4. The second-order valence-corrected chi connectivity index (χ2v) is 9.40. The molecule has 1 spiro atoms. The smallest absolute Gasteiger partial charge is 0.416 e. The SMILES string of the molecule is COCCCN1CCC2(CC1)OC(=O)C(C)=C2C(=O)N1CCN(c2cccc(C(F)(F)F)c2)CC1. The van der Waals surface area contributed by atoms with E-state index in [2.05, 4.69) is 4.90 Å². The van der Waals surface area contributed by atoms with Gasteiger partial charge in [0.2, 0.25) is 0 Å². The Balaban J connectivity index is 1.41. The highest BCUT2D eigenvalue weighted by atomic mass is 19.4. The molecule has 10 heteroatoms. The average Bonchev–Trinajstić information content (AvgIpc) is 3.08. The molecule has 2 fully saturated rings. The highest BCUT2D eigenvalue weighted by Crippen LogP contribution is 2.42. The van der Waals surface area contributed by atoms with Crippen LogP contribution in [0.25, 0.3) is 0 Å². The number of hydrogen-bond donors (Lipinski definition) is 0. The first-order chi connectivity index (χ1) is 16.6. The van der Waals surface area contributed by atoms with Gasteiger partial charge < -0.3 is 24.2 Å². The van der Waals surface area contributed by atoms with Crippen LogP contribution >= 0.6 is 0 Å². The molecule has 3 aliphatic rings. The number of halogens is 3. The van der Waals surface area contributed by atoms with Crippen LogP contribution in [0.15, 0.2) is 35.4 Å². The number of piperidine rings is 1. The Morgan fingerprint density at radius 2 is 1.80 bits per heavy atom. The number of carbonyl (C=O) groups is 2. The Kier molecular flexibility index (Phi) is 7.42. The van der Waals surface area contributed by atoms with E-state index in [1.54, 1.807) is 25.0 Å². The van der Waals surface area contributed by atoms with Gasteiger partial charge in [-0.15, -0.1) is 0 Å². The summed E-state index contributed by atoms with van der Waals surface area (Å²) in [5.74, 6) is -0.645. The lowest BCUT2D eigenvalue weighted by Crippen LogP contribution is -2.53. The zero-order valence-corrected chi connectivity index (χ0v) is 20.2. The third kappa shape index (κ3) is 5.33. The molecule has 2 saturated heterocycles. The maximum absolute atomic E-state index is 13.6. The number of piperazine rings is 1. The van der Waals surface area contributed by atoms with Crippen molar-refractivity contribution in [2.45, 2.75) is 38.0 Å². The van der Waals surface area contributed by atoms with Crippen molar-refractivity contribution in [1.29, 1.82) is 0 Å². The molecule has 1 aromatic carbocycles. The van der Waals surface area contributed by atoms with Gasteiger partial charge in [-0.25, -0.2) is 4.79 Å². The first-order valence-electron chi connectivity index (χ1n) is 12.0. The zero-order chi connectivity index (χ0) is 25.2. The molecule has 0 unspecified atom stereocenters. The summed E-state index contributed by atoms with van der Waals surface area (Å²) in [6.45, 7) is 6.22. The van der Waals surface area contributed by atoms with Crippen molar-refractivity contribution in [2.24, 2.45) is 0 Å². The molecule has 0 saturated carbocycles. The summed E-state index contributed by atoms with van der Waals surface area (Å²) in [5.41, 5.74) is -0.283. The van der Waals surface area contributed by atoms with Crippen LogP contribution in [0.5, 0.6) is 0 Å². The maximum atomic E-state index is 13.6. The maximum Gasteiger partial charge on any atom is 0.416 e. The van der Waals surface area contributed by atoms with Gasteiger partial charge in [-0.05, 0) is 31.5 Å². The quantitative estimate of drug-likeness (QED) is 0.447. The minimum atomic E-state index is -4.40. The van der Waals surface area contributed by atoms with Crippen LogP contribution < -0.4 is 4.90 Å². The molecule has 7 nitrogen and oxygen atoms in total. The normalized spacial score (nSPS) is 21.1. The van der Waals surface area contributed by atoms with Crippen LogP contribution in [-0.4, -0.2) is 86.8 Å². The number of alkyl halides is 3. The van der Waals surface area contributed by atoms with Crippen molar-refractivity contribution in [3.63, 3.8) is 0 Å². The lowest BCUT2D eigenvalue weighted by atomic mass is 9.82. The molecule has 1 aromatic rings. The summed E-state index contributed by atoms with van der Waals surface area (Å²) in [6.07, 6.45) is -2.36. The van der Waals surface area contributed by atoms with Crippen molar-refractivity contribution in [3.8, 4) is 0 Å². The number of rotatable bonds is 6. The van der Waals surface area contributed by atoms with Gasteiger partial charge in [-0.1, -0.05) is 6.07 Å². The fraction of sp³-hybridized carbons (Fsp3) is 0.600. The highest BCUT2D eigenvalue weighted by molar-refractivity contribution is 6.07. The summed E-state index contributed by atoms with van der Waals surface area (Å²) in [5, 5.41) is 0. The topological polar surface area (TPSA) is 62.3 Å². The molecule has 0 aromatic heterocycles. The van der Waals surface area contributed by atoms with Crippen LogP contribution in [0, 0.1) is 0 Å². The number of carbonyl (C=O) groups excluding carboxylic acids is 2. The standard InChI is InChI=1S/C25H32F3N3O4/c1-18-21(24(35-23(18)33)7-10-29(11-8-24)9-4-16-34-2)22(32)31-14-12-30(13-15-31)20-6-3-5-19(17-20)25(26,27)28/h3,5-6,17H,4,7-16H2,1-2H3. The Bertz CT molecular complexity index is 978. The molecular weight excluding hydrogens is 463 g/mol. The molecule has 0 bridgehead atoms. The van der Waals surface area contributed by atoms with E-state index < -0.39 is 23.3 Å². The molecule has 192 valence electrons. The Morgan fingerprint density at radius 1 is 1.11 bits per heavy atom. The number of esters is 1. The van der Waals surface area contributed by atoms with E-state index in [1.165, 1.54) is 6.07 Å². The third-order valence-corrected chi connectivity index (χ3v) is 7.23. The summed E-state index contributed by atoms with van der Waals surface area (Å²) in [6, 6.07) is 5.25. The lowest BCUT2D eigenvalue weighted by Gasteiger charge is -2.42. The van der Waals surface area contributed by atoms with Crippen molar-refractivity contribution < 1.29 is 32.2 Å². The van der Waals surface area contributed by atoms with Gasteiger partial charge in [0.25, 0.3) is 5.91 Å². The Labute approximate surface area is 203 Å². The zero-order valence-electron chi connectivity index (χ0n) is 20.2. The minimum Gasteiger partial charge on any atom is -0.450 e. The van der Waals surface area contributed by atoms with Crippen LogP contribution in [0.3, 0.4) is 0 Å². The molecule has 0 N–H and O–H groups in total. The minimum absolute atomic E-state index is 0.204. The summed E-state index contributed by atoms with van der Waals surface area (Å²) in [4.78, 5) is 31.9. The second kappa shape index (κ2) is 10.2. The van der Waals surface area contributed by atoms with E-state index in [4.69, 9.17) is 9.47 Å². The predicted octanol–water partition coefficient (Wildman–Crippen LogP) is 3.10. The predicted molar refractivity (Wildman–Crippen MR) is 124 cm³/mol. The van der Waals surface area contributed by atoms with Gasteiger partial charge in [0, 0.05) is 83.6 Å². The monoisotopic (exact) mass is 495 g/mol. The van der Waals surface area contributed by atoms with E-state index in [9.17, 15) is 22.8 Å². The van der Waals surface area contributed by atoms with E-state index in [0.29, 0.717) is 62.5 Å². The Hall–Kier alpha value is -2.59. The number of methoxy groups -OCH3 is 1. The van der Waals surface area contributed by atoms with Crippen molar-refractivity contribution in [2.75, 3.05) is 64.4 Å². The third-order valence-electron chi connectivity index (χ3n) is 7.23. The van der Waals surface area contributed by atoms with Gasteiger partial charge in [0.05, 0.1) is 11.1 Å². The van der Waals surface area contributed by atoms with Gasteiger partial charge in [0.1, 0.15) is 5.60 Å². The summed E-state index contributed by atoms with van der Waals surface area (Å²) in [7, 11) is 1.67. The van der Waals surface area contributed by atoms with Crippen LogP contribution in [0.2, 0.25) is 0 Å². The van der Waals surface area contributed by atoms with Crippen LogP contribution in [-0.2, 0) is 25.2 Å². The van der Waals surface area contributed by atoms with E-state index in [0.717, 1.165) is 38.2 Å². The van der Waals surface area contributed by atoms with Gasteiger partial charge in [-0.3, -0.25) is 4.79 Å². The van der Waals surface area contributed by atoms with Crippen molar-refractivity contribution in [3.05, 3.63) is 41.0 Å². The fourth-order valence-corrected chi connectivity index (χ4v) is 5.23. The number of anilines is 1. The van der Waals surface area contributed by atoms with Crippen LogP contribution in [0.1, 0.15) is 31.7 Å². The number of nitrogens with zero attached hydrogens (tertiary/aromatic N) is 3. The average molecular weight is 496 g/mol. The molecule has 3 aliphatic heterocycles. The molecule has 3 heterocycles. The molecule has 0 radical (unpaired) electrons. The summed E-state index contributed by atoms with van der Waals surface area (Å²) >= 11 is 0. The fourth-order valence-electron chi connectivity index (χ4n) is 5.23. The molecule has 0 aliphatic carbocycles. The molecule has 35 heavy (non-hydrogen) atoms. The molecule has 1 amide bonds. The van der Waals surface area contributed by atoms with Crippen LogP contribution in [0.4, 0.5) is 18.9 Å². The van der Waals surface area contributed by atoms with Gasteiger partial charge in [-0.2, -0.15) is 13.2 Å². The number of ether oxygens (including phenoxy) is 2. The van der Waals surface area contributed by atoms with E-state index in [-0.39, 0.29) is 5.91 Å². The number of likely N-dealkylation sites (tertiary alicyclic amines) is 1. The highest BCUT2D eigenvalue weighted by Gasteiger charge is 2.51. The second-order valence-electron chi connectivity index (χ2n) is 9.40. The van der Waals surface area contributed by atoms with Crippen molar-refractivity contribution in [1.82, 2.24) is 9.80 Å². The van der Waals surface area contributed by atoms with E-state index in [1.807, 2.05) is 4.90 Å². The number of benzene rings is 1. The summed E-state index contributed by atoms with van der Waals surface area (Å²) < 4.78 is 50.2. The molecule has 4 rings (SSSR count). The van der Waals surface area contributed by atoms with Gasteiger partial charge >= 0.3 is 12.1 Å². The largest absolute Gasteiger partial charge is 0.450 e. The Morgan fingerprint density at radius 3 is 2.43 bits per heavy atom.